The van der Waals surface area contributed by atoms with Gasteiger partial charge < -0.3 is 0 Å². The Balaban J connectivity index is 3.02. The maximum absolute atomic E-state index is 11.3. The topological polar surface area (TPSA) is 17.1 Å². The van der Waals surface area contributed by atoms with Crippen molar-refractivity contribution in [2.75, 3.05) is 5.75 Å². The molecule has 0 aliphatic carbocycles. The van der Waals surface area contributed by atoms with E-state index in [2.05, 4.69) is 27.7 Å². The highest BCUT2D eigenvalue weighted by Gasteiger charge is 2.30. The Bertz CT molecular complexity index is 220. The van der Waals surface area contributed by atoms with Gasteiger partial charge in [0.1, 0.15) is 0 Å². The predicted octanol–water partition coefficient (Wildman–Crippen LogP) is 2.62. The molecule has 0 aromatic heterocycles. The van der Waals surface area contributed by atoms with Crippen LogP contribution >= 0.6 is 11.8 Å². The van der Waals surface area contributed by atoms with E-state index >= 15 is 0 Å². The maximum atomic E-state index is 11.3. The van der Waals surface area contributed by atoms with Crippen LogP contribution in [0.15, 0.2) is 11.1 Å². The van der Waals surface area contributed by atoms with Crippen LogP contribution in [-0.4, -0.2) is 10.9 Å². The molecule has 1 rings (SSSR count). The summed E-state index contributed by atoms with van der Waals surface area (Å²) in [5.74, 6) is 0.894. The van der Waals surface area contributed by atoms with Crippen molar-refractivity contribution < 1.29 is 4.79 Å². The Labute approximate surface area is 72.2 Å². The zero-order valence-corrected chi connectivity index (χ0v) is 8.34. The normalized spacial score (nSPS) is 19.8. The quantitative estimate of drug-likeness (QED) is 0.556. The van der Waals surface area contributed by atoms with Crippen LogP contribution in [0.4, 0.5) is 0 Å². The summed E-state index contributed by atoms with van der Waals surface area (Å²) >= 11 is 1.43. The van der Waals surface area contributed by atoms with Crippen LogP contribution in [0, 0.1) is 5.41 Å². The first kappa shape index (κ1) is 8.85. The molecule has 0 aromatic carbocycles. The lowest BCUT2D eigenvalue weighted by Crippen LogP contribution is -2.14. The number of hydrogen-bond donors (Lipinski definition) is 0. The van der Waals surface area contributed by atoms with Crippen molar-refractivity contribution in [3.05, 3.63) is 11.1 Å². The van der Waals surface area contributed by atoms with Crippen LogP contribution in [0.3, 0.4) is 0 Å². The van der Waals surface area contributed by atoms with Gasteiger partial charge in [0.2, 0.25) is 5.12 Å². The molecule has 0 aromatic rings. The first-order valence-corrected chi connectivity index (χ1v) is 4.79. The number of carbonyl (C=O) groups excluding carboxylic acids is 1. The number of carbonyl (C=O) groups is 1. The van der Waals surface area contributed by atoms with E-state index in [0.717, 1.165) is 11.3 Å². The second-order valence-corrected chi connectivity index (χ2v) is 4.93. The van der Waals surface area contributed by atoms with E-state index < -0.39 is 0 Å². The van der Waals surface area contributed by atoms with Gasteiger partial charge in [0.15, 0.2) is 0 Å². The van der Waals surface area contributed by atoms with E-state index in [1.807, 2.05) is 0 Å². The van der Waals surface area contributed by atoms with Gasteiger partial charge in [-0.1, -0.05) is 38.1 Å². The molecule has 62 valence electrons. The molecule has 0 bridgehead atoms. The molecule has 0 N–H and O–H groups in total. The first-order valence-electron chi connectivity index (χ1n) is 3.80. The average molecular weight is 170 g/mol. The zero-order chi connectivity index (χ0) is 8.65. The summed E-state index contributed by atoms with van der Waals surface area (Å²) in [4.78, 5) is 11.3. The molecule has 1 nitrogen and oxygen atoms in total. The number of hydrogen-bond acceptors (Lipinski definition) is 2. The first-order chi connectivity index (χ1) is 4.93. The van der Waals surface area contributed by atoms with Gasteiger partial charge >= 0.3 is 0 Å². The molecule has 0 saturated carbocycles. The van der Waals surface area contributed by atoms with Crippen LogP contribution < -0.4 is 0 Å². The molecular weight excluding hydrogens is 156 g/mol. The van der Waals surface area contributed by atoms with Gasteiger partial charge in [-0.05, 0) is 12.3 Å². The summed E-state index contributed by atoms with van der Waals surface area (Å²) < 4.78 is 0. The highest BCUT2D eigenvalue weighted by molar-refractivity contribution is 8.14. The van der Waals surface area contributed by atoms with Crippen molar-refractivity contribution in [2.24, 2.45) is 5.41 Å². The maximum Gasteiger partial charge on any atom is 0.216 e. The SMILES string of the molecule is CC1=C(C(C)(C)C)C(=O)SC1. The molecule has 0 amide bonds. The molecule has 0 atom stereocenters. The minimum absolute atomic E-state index is 0.0324. The summed E-state index contributed by atoms with van der Waals surface area (Å²) in [6, 6.07) is 0. The van der Waals surface area contributed by atoms with Gasteiger partial charge in [0.05, 0.1) is 0 Å². The molecule has 0 unspecified atom stereocenters. The minimum Gasteiger partial charge on any atom is -0.282 e. The Hall–Kier alpha value is -0.240. The average Bonchev–Trinajstić information content (AvgIpc) is 2.08. The van der Waals surface area contributed by atoms with Crippen LogP contribution in [0.2, 0.25) is 0 Å². The molecule has 2 heteroatoms. The highest BCUT2D eigenvalue weighted by Crippen LogP contribution is 2.37. The summed E-state index contributed by atoms with van der Waals surface area (Å²) in [5.41, 5.74) is 2.32. The van der Waals surface area contributed by atoms with Crippen molar-refractivity contribution in [3.8, 4) is 0 Å². The third-order valence-electron chi connectivity index (χ3n) is 1.80. The Kier molecular flexibility index (Phi) is 2.15. The largest absolute Gasteiger partial charge is 0.282 e. The van der Waals surface area contributed by atoms with Crippen LogP contribution in [0.1, 0.15) is 27.7 Å². The third-order valence-corrected chi connectivity index (χ3v) is 2.84. The summed E-state index contributed by atoms with van der Waals surface area (Å²) in [6.07, 6.45) is 0. The number of rotatable bonds is 0. The van der Waals surface area contributed by atoms with Crippen molar-refractivity contribution >= 4 is 16.9 Å². The zero-order valence-electron chi connectivity index (χ0n) is 7.52. The lowest BCUT2D eigenvalue weighted by atomic mass is 9.85. The van der Waals surface area contributed by atoms with E-state index in [-0.39, 0.29) is 10.5 Å². The molecule has 1 heterocycles. The molecule has 1 aliphatic rings. The van der Waals surface area contributed by atoms with E-state index in [4.69, 9.17) is 0 Å². The van der Waals surface area contributed by atoms with Crippen LogP contribution in [0.25, 0.3) is 0 Å². The van der Waals surface area contributed by atoms with Gasteiger partial charge in [-0.2, -0.15) is 0 Å². The fraction of sp³-hybridized carbons (Fsp3) is 0.667. The van der Waals surface area contributed by atoms with E-state index in [1.54, 1.807) is 0 Å². The smallest absolute Gasteiger partial charge is 0.216 e. The van der Waals surface area contributed by atoms with Crippen molar-refractivity contribution in [1.82, 2.24) is 0 Å². The summed E-state index contributed by atoms with van der Waals surface area (Å²) in [5, 5.41) is 0.273. The van der Waals surface area contributed by atoms with Crippen LogP contribution in [-0.2, 0) is 4.79 Å². The fourth-order valence-electron chi connectivity index (χ4n) is 1.44. The molecule has 0 fully saturated rings. The van der Waals surface area contributed by atoms with Gasteiger partial charge in [0.25, 0.3) is 0 Å². The van der Waals surface area contributed by atoms with Crippen molar-refractivity contribution in [2.45, 2.75) is 27.7 Å². The van der Waals surface area contributed by atoms with E-state index in [0.29, 0.717) is 0 Å². The summed E-state index contributed by atoms with van der Waals surface area (Å²) in [7, 11) is 0. The Morgan fingerprint density at radius 3 is 2.09 bits per heavy atom. The molecule has 11 heavy (non-hydrogen) atoms. The Morgan fingerprint density at radius 1 is 1.36 bits per heavy atom. The van der Waals surface area contributed by atoms with Crippen molar-refractivity contribution in [3.63, 3.8) is 0 Å². The van der Waals surface area contributed by atoms with Gasteiger partial charge in [0, 0.05) is 11.3 Å². The second kappa shape index (κ2) is 2.67. The van der Waals surface area contributed by atoms with Crippen molar-refractivity contribution in [1.29, 1.82) is 0 Å². The molecular formula is C9H14OS. The van der Waals surface area contributed by atoms with E-state index in [9.17, 15) is 4.79 Å². The second-order valence-electron chi connectivity index (χ2n) is 3.98. The lowest BCUT2D eigenvalue weighted by Gasteiger charge is -2.19. The monoisotopic (exact) mass is 170 g/mol. The van der Waals surface area contributed by atoms with Gasteiger partial charge in [-0.25, -0.2) is 0 Å². The highest BCUT2D eigenvalue weighted by atomic mass is 32.2. The molecule has 1 aliphatic heterocycles. The molecule has 0 saturated heterocycles. The van der Waals surface area contributed by atoms with E-state index in [1.165, 1.54) is 17.3 Å². The molecule has 0 spiro atoms. The Morgan fingerprint density at radius 2 is 1.91 bits per heavy atom. The number of thioether (sulfide) groups is 1. The fourth-order valence-corrected chi connectivity index (χ4v) is 2.56. The molecule has 0 radical (unpaired) electrons. The van der Waals surface area contributed by atoms with Gasteiger partial charge in [-0.15, -0.1) is 0 Å². The summed E-state index contributed by atoms with van der Waals surface area (Å²) in [6.45, 7) is 8.33. The third kappa shape index (κ3) is 1.67. The standard InChI is InChI=1S/C9H14OS/c1-6-5-11-8(10)7(6)9(2,3)4/h5H2,1-4H3. The van der Waals surface area contributed by atoms with Gasteiger partial charge in [-0.3, -0.25) is 4.79 Å². The van der Waals surface area contributed by atoms with Crippen LogP contribution in [0.5, 0.6) is 0 Å². The lowest BCUT2D eigenvalue weighted by molar-refractivity contribution is -0.108. The minimum atomic E-state index is 0.0324. The predicted molar refractivity (Wildman–Crippen MR) is 49.6 cm³/mol.